The lowest BCUT2D eigenvalue weighted by Gasteiger charge is -2.11. The second kappa shape index (κ2) is 5.52. The van der Waals surface area contributed by atoms with Gasteiger partial charge in [0.1, 0.15) is 5.56 Å². The number of rotatable bonds is 4. The van der Waals surface area contributed by atoms with Gasteiger partial charge in [0.2, 0.25) is 5.43 Å². The number of carboxylic acid groups (broad SMARTS) is 1. The number of carbonyl (C=O) groups is 2. The highest BCUT2D eigenvalue weighted by Gasteiger charge is 2.16. The summed E-state index contributed by atoms with van der Waals surface area (Å²) in [6.07, 6.45) is 2.44. The highest BCUT2D eigenvalue weighted by Crippen LogP contribution is 2.19. The first-order valence-electron chi connectivity index (χ1n) is 6.77. The van der Waals surface area contributed by atoms with Gasteiger partial charge in [-0.15, -0.1) is 0 Å². The van der Waals surface area contributed by atoms with Crippen LogP contribution >= 0.6 is 0 Å². The minimum atomic E-state index is -1.26. The fourth-order valence-corrected chi connectivity index (χ4v) is 2.45. The highest BCUT2D eigenvalue weighted by atomic mass is 16.4. The third kappa shape index (κ3) is 2.59. The second-order valence-electron chi connectivity index (χ2n) is 5.15. The number of aryl methyl sites for hydroxylation is 2. The van der Waals surface area contributed by atoms with Crippen LogP contribution in [0.1, 0.15) is 46.0 Å². The minimum absolute atomic E-state index is 0.0281. The number of Topliss-reactive ketones (excluding diaryl/α,β-unsaturated/α-hetero) is 1. The van der Waals surface area contributed by atoms with Crippen LogP contribution in [0.4, 0.5) is 0 Å². The maximum absolute atomic E-state index is 12.3. The smallest absolute Gasteiger partial charge is 0.341 e. The van der Waals surface area contributed by atoms with Crippen molar-refractivity contribution in [1.82, 2.24) is 4.57 Å². The molecule has 0 aliphatic carbocycles. The van der Waals surface area contributed by atoms with Crippen molar-refractivity contribution in [3.8, 4) is 0 Å². The molecule has 0 atom stereocenters. The zero-order valence-corrected chi connectivity index (χ0v) is 12.3. The van der Waals surface area contributed by atoms with Crippen molar-refractivity contribution < 1.29 is 14.7 Å². The van der Waals surface area contributed by atoms with Crippen LogP contribution < -0.4 is 5.43 Å². The van der Waals surface area contributed by atoms with Crippen LogP contribution in [-0.2, 0) is 7.05 Å². The number of carbonyl (C=O) groups excluding carboxylic acids is 1. The molecule has 0 saturated carbocycles. The quantitative estimate of drug-likeness (QED) is 0.877. The number of hydrogen-bond acceptors (Lipinski definition) is 3. The molecule has 0 bridgehead atoms. The predicted molar refractivity (Wildman–Crippen MR) is 80.1 cm³/mol. The topological polar surface area (TPSA) is 76.4 Å². The lowest BCUT2D eigenvalue weighted by atomic mass is 9.98. The standard InChI is InChI=1S/C16H17NO4/c1-4-5-14(18)10-7-11-13(6-9(10)2)17(3)8-12(15(11)19)16(20)21/h6-8H,4-5H2,1-3H3,(H,20,21). The van der Waals surface area contributed by atoms with Crippen LogP contribution in [0.5, 0.6) is 0 Å². The molecule has 1 aromatic carbocycles. The Morgan fingerprint density at radius 2 is 1.90 bits per heavy atom. The Morgan fingerprint density at radius 3 is 2.48 bits per heavy atom. The second-order valence-corrected chi connectivity index (χ2v) is 5.15. The van der Waals surface area contributed by atoms with Gasteiger partial charge in [-0.1, -0.05) is 6.92 Å². The van der Waals surface area contributed by atoms with Crippen LogP contribution in [0, 0.1) is 6.92 Å². The molecule has 2 aromatic rings. The number of carboxylic acids is 1. The lowest BCUT2D eigenvalue weighted by molar-refractivity contribution is 0.0694. The number of pyridine rings is 1. The number of ketones is 1. The van der Waals surface area contributed by atoms with E-state index >= 15 is 0 Å². The van der Waals surface area contributed by atoms with Crippen LogP contribution in [0.3, 0.4) is 0 Å². The molecule has 0 saturated heterocycles. The van der Waals surface area contributed by atoms with Crippen molar-refractivity contribution in [3.05, 3.63) is 45.2 Å². The highest BCUT2D eigenvalue weighted by molar-refractivity contribution is 6.02. The number of hydrogen-bond donors (Lipinski definition) is 1. The van der Waals surface area contributed by atoms with Crippen molar-refractivity contribution in [2.45, 2.75) is 26.7 Å². The molecule has 21 heavy (non-hydrogen) atoms. The van der Waals surface area contributed by atoms with Gasteiger partial charge in [-0.05, 0) is 31.0 Å². The molecule has 1 heterocycles. The van der Waals surface area contributed by atoms with Crippen LogP contribution in [0.15, 0.2) is 23.1 Å². The summed E-state index contributed by atoms with van der Waals surface area (Å²) in [6.45, 7) is 3.73. The van der Waals surface area contributed by atoms with E-state index in [1.54, 1.807) is 17.7 Å². The van der Waals surface area contributed by atoms with Gasteiger partial charge in [0.25, 0.3) is 0 Å². The summed E-state index contributed by atoms with van der Waals surface area (Å²) in [5.74, 6) is -1.29. The van der Waals surface area contributed by atoms with E-state index in [2.05, 4.69) is 0 Å². The summed E-state index contributed by atoms with van der Waals surface area (Å²) in [5.41, 5.74) is 1.06. The van der Waals surface area contributed by atoms with E-state index < -0.39 is 11.4 Å². The summed E-state index contributed by atoms with van der Waals surface area (Å²) in [5, 5.41) is 9.35. The summed E-state index contributed by atoms with van der Waals surface area (Å²) in [4.78, 5) is 35.5. The first kappa shape index (κ1) is 15.0. The summed E-state index contributed by atoms with van der Waals surface area (Å²) >= 11 is 0. The summed E-state index contributed by atoms with van der Waals surface area (Å²) in [7, 11) is 1.68. The third-order valence-corrected chi connectivity index (χ3v) is 3.54. The van der Waals surface area contributed by atoms with Crippen molar-refractivity contribution in [2.24, 2.45) is 7.05 Å². The number of aromatic nitrogens is 1. The third-order valence-electron chi connectivity index (χ3n) is 3.54. The molecular formula is C16H17NO4. The summed E-state index contributed by atoms with van der Waals surface area (Å²) < 4.78 is 1.60. The van der Waals surface area contributed by atoms with Gasteiger partial charge in [0, 0.05) is 30.6 Å². The van der Waals surface area contributed by atoms with Gasteiger partial charge in [-0.2, -0.15) is 0 Å². The van der Waals surface area contributed by atoms with E-state index in [-0.39, 0.29) is 16.7 Å². The monoisotopic (exact) mass is 287 g/mol. The molecule has 2 rings (SSSR count). The van der Waals surface area contributed by atoms with E-state index in [0.29, 0.717) is 17.5 Å². The first-order valence-corrected chi connectivity index (χ1v) is 6.77. The van der Waals surface area contributed by atoms with Crippen molar-refractivity contribution in [1.29, 1.82) is 0 Å². The van der Waals surface area contributed by atoms with Gasteiger partial charge in [-0.3, -0.25) is 9.59 Å². The van der Waals surface area contributed by atoms with E-state index in [1.807, 2.05) is 13.8 Å². The molecule has 0 aliphatic rings. The Hall–Kier alpha value is -2.43. The summed E-state index contributed by atoms with van der Waals surface area (Å²) in [6, 6.07) is 3.28. The van der Waals surface area contributed by atoms with E-state index in [9.17, 15) is 14.4 Å². The Labute approximate surface area is 121 Å². The number of benzene rings is 1. The molecule has 0 amide bonds. The van der Waals surface area contributed by atoms with Crippen molar-refractivity contribution in [2.75, 3.05) is 0 Å². The molecule has 0 unspecified atom stereocenters. The predicted octanol–water partition coefficient (Wildman–Crippen LogP) is 2.53. The van der Waals surface area contributed by atoms with Crippen molar-refractivity contribution >= 4 is 22.7 Å². The molecule has 0 radical (unpaired) electrons. The van der Waals surface area contributed by atoms with Gasteiger partial charge >= 0.3 is 5.97 Å². The zero-order chi connectivity index (χ0) is 15.7. The molecule has 0 fully saturated rings. The van der Waals surface area contributed by atoms with Crippen molar-refractivity contribution in [3.63, 3.8) is 0 Å². The number of fused-ring (bicyclic) bond motifs is 1. The van der Waals surface area contributed by atoms with Gasteiger partial charge < -0.3 is 9.67 Å². The molecule has 1 aromatic heterocycles. The van der Waals surface area contributed by atoms with E-state index in [0.717, 1.165) is 12.0 Å². The average Bonchev–Trinajstić information content (AvgIpc) is 2.42. The van der Waals surface area contributed by atoms with Crippen LogP contribution in [-0.4, -0.2) is 21.4 Å². The Balaban J connectivity index is 2.82. The van der Waals surface area contributed by atoms with Gasteiger partial charge in [0.05, 0.1) is 5.52 Å². The molecular weight excluding hydrogens is 270 g/mol. The molecule has 110 valence electrons. The van der Waals surface area contributed by atoms with Gasteiger partial charge in [-0.25, -0.2) is 4.79 Å². The van der Waals surface area contributed by atoms with Crippen LogP contribution in [0.2, 0.25) is 0 Å². The molecule has 1 N–H and O–H groups in total. The average molecular weight is 287 g/mol. The fraction of sp³-hybridized carbons (Fsp3) is 0.312. The molecule has 0 aliphatic heterocycles. The van der Waals surface area contributed by atoms with E-state index in [4.69, 9.17) is 5.11 Å². The Kier molecular flexibility index (Phi) is 3.93. The Bertz CT molecular complexity index is 802. The molecule has 5 heteroatoms. The Morgan fingerprint density at radius 1 is 1.24 bits per heavy atom. The van der Waals surface area contributed by atoms with Crippen LogP contribution in [0.25, 0.3) is 10.9 Å². The molecule has 0 spiro atoms. The first-order chi connectivity index (χ1) is 9.86. The fourth-order valence-electron chi connectivity index (χ4n) is 2.45. The zero-order valence-electron chi connectivity index (χ0n) is 12.3. The minimum Gasteiger partial charge on any atom is -0.477 e. The van der Waals surface area contributed by atoms with E-state index in [1.165, 1.54) is 12.3 Å². The maximum Gasteiger partial charge on any atom is 0.341 e. The van der Waals surface area contributed by atoms with Gasteiger partial charge in [0.15, 0.2) is 5.78 Å². The number of aromatic carboxylic acids is 1. The largest absolute Gasteiger partial charge is 0.477 e. The SMILES string of the molecule is CCCC(=O)c1cc2c(=O)c(C(=O)O)cn(C)c2cc1C. The maximum atomic E-state index is 12.3. The lowest BCUT2D eigenvalue weighted by Crippen LogP contribution is -2.18. The molecule has 5 nitrogen and oxygen atoms in total. The normalized spacial score (nSPS) is 10.8. The number of nitrogens with zero attached hydrogens (tertiary/aromatic N) is 1.